The Labute approximate surface area is 181 Å². The highest BCUT2D eigenvalue weighted by Gasteiger charge is 2.33. The molecule has 0 aliphatic carbocycles. The van der Waals surface area contributed by atoms with E-state index in [1.165, 1.54) is 25.0 Å². The van der Waals surface area contributed by atoms with E-state index in [0.717, 1.165) is 56.6 Å². The lowest BCUT2D eigenvalue weighted by atomic mass is 10.0. The van der Waals surface area contributed by atoms with Crippen LogP contribution in [0.3, 0.4) is 0 Å². The number of rotatable bonds is 5. The van der Waals surface area contributed by atoms with Crippen LogP contribution in [-0.4, -0.2) is 47.4 Å². The topological polar surface area (TPSA) is 23.6 Å². The summed E-state index contributed by atoms with van der Waals surface area (Å²) in [5.41, 5.74) is 1.47. The van der Waals surface area contributed by atoms with Crippen molar-refractivity contribution in [1.82, 2.24) is 9.80 Å². The van der Waals surface area contributed by atoms with Gasteiger partial charge >= 0.3 is 6.18 Å². The first-order valence-corrected chi connectivity index (χ1v) is 11.2. The van der Waals surface area contributed by atoms with Crippen molar-refractivity contribution < 1.29 is 18.0 Å². The molecule has 2 aromatic rings. The van der Waals surface area contributed by atoms with Crippen LogP contribution in [0.25, 0.3) is 11.1 Å². The highest BCUT2D eigenvalue weighted by molar-refractivity contribution is 5.95. The molecule has 2 atom stereocenters. The van der Waals surface area contributed by atoms with Crippen LogP contribution in [0, 0.1) is 0 Å². The van der Waals surface area contributed by atoms with Gasteiger partial charge in [0.25, 0.3) is 5.91 Å². The molecule has 0 spiro atoms. The summed E-state index contributed by atoms with van der Waals surface area (Å²) in [4.78, 5) is 17.7. The van der Waals surface area contributed by atoms with E-state index in [0.29, 0.717) is 17.2 Å². The molecule has 3 nitrogen and oxygen atoms in total. The fraction of sp³-hybridized carbons (Fsp3) is 0.480. The molecule has 2 fully saturated rings. The monoisotopic (exact) mass is 430 g/mol. The van der Waals surface area contributed by atoms with E-state index in [2.05, 4.69) is 11.8 Å². The van der Waals surface area contributed by atoms with Gasteiger partial charge in [-0.05, 0) is 74.0 Å². The van der Waals surface area contributed by atoms with Crippen molar-refractivity contribution in [3.8, 4) is 11.1 Å². The van der Waals surface area contributed by atoms with E-state index in [9.17, 15) is 18.0 Å². The van der Waals surface area contributed by atoms with E-state index in [1.54, 1.807) is 12.1 Å². The van der Waals surface area contributed by atoms with E-state index in [1.807, 2.05) is 17.0 Å². The molecule has 0 bridgehead atoms. The average Bonchev–Trinajstić information content (AvgIpc) is 3.42. The molecule has 2 unspecified atom stereocenters. The lowest BCUT2D eigenvalue weighted by molar-refractivity contribution is -0.137. The van der Waals surface area contributed by atoms with Gasteiger partial charge in [-0.25, -0.2) is 0 Å². The Hall–Kier alpha value is -2.34. The van der Waals surface area contributed by atoms with Gasteiger partial charge in [0.2, 0.25) is 0 Å². The molecular formula is C25H29F3N2O. The predicted octanol–water partition coefficient (Wildman–Crippen LogP) is 5.85. The summed E-state index contributed by atoms with van der Waals surface area (Å²) in [6.45, 7) is 5.10. The molecule has 166 valence electrons. The van der Waals surface area contributed by atoms with Crippen molar-refractivity contribution in [2.75, 3.05) is 19.6 Å². The van der Waals surface area contributed by atoms with Crippen LogP contribution in [0.2, 0.25) is 0 Å². The maximum Gasteiger partial charge on any atom is 0.416 e. The highest BCUT2D eigenvalue weighted by Crippen LogP contribution is 2.31. The third kappa shape index (κ3) is 4.79. The molecule has 1 amide bonds. The van der Waals surface area contributed by atoms with Crippen LogP contribution in [0.4, 0.5) is 13.2 Å². The number of hydrogen-bond donors (Lipinski definition) is 0. The number of likely N-dealkylation sites (tertiary alicyclic amines) is 2. The lowest BCUT2D eigenvalue weighted by Gasteiger charge is -2.31. The standard InChI is InChI=1S/C25H29F3N2O/c1-2-22-5-3-15-29(22)17-23-6-4-16-30(23)24(31)20-9-7-18(8-10-20)19-11-13-21(14-12-19)25(26,27)28/h7-14,22-23H,2-6,15-17H2,1H3. The molecular weight excluding hydrogens is 401 g/mol. The number of hydrogen-bond acceptors (Lipinski definition) is 2. The minimum atomic E-state index is -4.34. The smallest absolute Gasteiger partial charge is 0.334 e. The maximum atomic E-state index is 13.2. The van der Waals surface area contributed by atoms with Crippen LogP contribution < -0.4 is 0 Å². The minimum Gasteiger partial charge on any atom is -0.334 e. The Balaban J connectivity index is 1.44. The first-order valence-electron chi connectivity index (χ1n) is 11.2. The first kappa shape index (κ1) is 21.9. The molecule has 2 aromatic carbocycles. The van der Waals surface area contributed by atoms with Crippen LogP contribution in [0.15, 0.2) is 48.5 Å². The van der Waals surface area contributed by atoms with Crippen LogP contribution in [0.1, 0.15) is 54.9 Å². The molecule has 31 heavy (non-hydrogen) atoms. The fourth-order valence-corrected chi connectivity index (χ4v) is 4.98. The zero-order chi connectivity index (χ0) is 22.0. The summed E-state index contributed by atoms with van der Waals surface area (Å²) < 4.78 is 38.3. The number of carbonyl (C=O) groups excluding carboxylic acids is 1. The number of benzene rings is 2. The summed E-state index contributed by atoms with van der Waals surface area (Å²) in [7, 11) is 0. The van der Waals surface area contributed by atoms with Gasteiger partial charge in [-0.1, -0.05) is 31.2 Å². The second-order valence-corrected chi connectivity index (χ2v) is 8.65. The van der Waals surface area contributed by atoms with Crippen molar-refractivity contribution in [3.63, 3.8) is 0 Å². The molecule has 2 heterocycles. The Kier molecular flexibility index (Phi) is 6.37. The molecule has 2 aliphatic heterocycles. The van der Waals surface area contributed by atoms with Crippen molar-refractivity contribution >= 4 is 5.91 Å². The zero-order valence-corrected chi connectivity index (χ0v) is 17.9. The Morgan fingerprint density at radius 3 is 2.10 bits per heavy atom. The van der Waals surface area contributed by atoms with Gasteiger partial charge in [-0.15, -0.1) is 0 Å². The van der Waals surface area contributed by atoms with Crippen molar-refractivity contribution in [2.45, 2.75) is 57.3 Å². The van der Waals surface area contributed by atoms with Gasteiger partial charge in [-0.2, -0.15) is 13.2 Å². The van der Waals surface area contributed by atoms with Gasteiger partial charge in [0.05, 0.1) is 5.56 Å². The predicted molar refractivity (Wildman–Crippen MR) is 116 cm³/mol. The summed E-state index contributed by atoms with van der Waals surface area (Å²) >= 11 is 0. The number of halogens is 3. The molecule has 0 radical (unpaired) electrons. The Morgan fingerprint density at radius 2 is 1.48 bits per heavy atom. The summed E-state index contributed by atoms with van der Waals surface area (Å²) in [5, 5.41) is 0. The zero-order valence-electron chi connectivity index (χ0n) is 17.9. The average molecular weight is 431 g/mol. The van der Waals surface area contributed by atoms with Crippen molar-refractivity contribution in [1.29, 1.82) is 0 Å². The largest absolute Gasteiger partial charge is 0.416 e. The van der Waals surface area contributed by atoms with Gasteiger partial charge in [0, 0.05) is 30.7 Å². The van der Waals surface area contributed by atoms with Crippen molar-refractivity contribution in [3.05, 3.63) is 59.7 Å². The molecule has 2 aliphatic rings. The quantitative estimate of drug-likeness (QED) is 0.594. The van der Waals surface area contributed by atoms with Crippen LogP contribution in [0.5, 0.6) is 0 Å². The minimum absolute atomic E-state index is 0.0497. The Morgan fingerprint density at radius 1 is 0.903 bits per heavy atom. The first-order chi connectivity index (χ1) is 14.9. The molecule has 0 saturated carbocycles. The normalized spacial score (nSPS) is 22.3. The lowest BCUT2D eigenvalue weighted by Crippen LogP contribution is -2.44. The number of carbonyl (C=O) groups is 1. The SMILES string of the molecule is CCC1CCCN1CC1CCCN1C(=O)c1ccc(-c2ccc(C(F)(F)F)cc2)cc1. The van der Waals surface area contributed by atoms with Crippen LogP contribution >= 0.6 is 0 Å². The summed E-state index contributed by atoms with van der Waals surface area (Å²) in [6, 6.07) is 13.2. The molecule has 4 rings (SSSR count). The number of amides is 1. The fourth-order valence-electron chi connectivity index (χ4n) is 4.98. The van der Waals surface area contributed by atoms with E-state index in [-0.39, 0.29) is 11.9 Å². The summed E-state index contributed by atoms with van der Waals surface area (Å²) in [5.74, 6) is 0.0497. The maximum absolute atomic E-state index is 13.2. The van der Waals surface area contributed by atoms with Gasteiger partial charge in [-0.3, -0.25) is 9.69 Å². The van der Waals surface area contributed by atoms with E-state index in [4.69, 9.17) is 0 Å². The van der Waals surface area contributed by atoms with E-state index >= 15 is 0 Å². The Bertz CT molecular complexity index is 892. The van der Waals surface area contributed by atoms with E-state index < -0.39 is 11.7 Å². The van der Waals surface area contributed by atoms with Gasteiger partial charge < -0.3 is 4.90 Å². The number of alkyl halides is 3. The third-order valence-electron chi connectivity index (χ3n) is 6.73. The number of nitrogens with zero attached hydrogens (tertiary/aromatic N) is 2. The summed E-state index contributed by atoms with van der Waals surface area (Å²) in [6.07, 6.45) is 1.39. The molecule has 2 saturated heterocycles. The van der Waals surface area contributed by atoms with Crippen LogP contribution in [-0.2, 0) is 6.18 Å². The molecule has 0 aromatic heterocycles. The molecule has 0 N–H and O–H groups in total. The van der Waals surface area contributed by atoms with Gasteiger partial charge in [0.15, 0.2) is 0 Å². The highest BCUT2D eigenvalue weighted by atomic mass is 19.4. The molecule has 6 heteroatoms. The van der Waals surface area contributed by atoms with Crippen molar-refractivity contribution in [2.24, 2.45) is 0 Å². The second-order valence-electron chi connectivity index (χ2n) is 8.65. The third-order valence-corrected chi connectivity index (χ3v) is 6.73. The van der Waals surface area contributed by atoms with Gasteiger partial charge in [0.1, 0.15) is 0 Å². The second kappa shape index (κ2) is 9.03.